The van der Waals surface area contributed by atoms with Crippen molar-refractivity contribution in [2.75, 3.05) is 30.6 Å². The van der Waals surface area contributed by atoms with E-state index in [4.69, 9.17) is 11.6 Å². The van der Waals surface area contributed by atoms with Crippen LogP contribution < -0.4 is 10.0 Å². The first-order chi connectivity index (χ1) is 13.5. The number of benzene rings is 2. The first-order valence-electron chi connectivity index (χ1n) is 9.14. The number of aliphatic hydroxyl groups is 1. The molecule has 0 bridgehead atoms. The third-order valence-electron chi connectivity index (χ3n) is 4.79. The Morgan fingerprint density at radius 2 is 1.90 bits per heavy atom. The molecule has 3 N–H and O–H groups in total. The van der Waals surface area contributed by atoms with Gasteiger partial charge >= 0.3 is 0 Å². The number of anilines is 1. The average molecular weight is 438 g/mol. The Hall–Kier alpha value is -2.13. The first kappa shape index (κ1) is 21.6. The van der Waals surface area contributed by atoms with E-state index in [1.165, 1.54) is 0 Å². The molecule has 156 valence electrons. The fraction of sp³-hybridized carbons (Fsp3) is 0.350. The monoisotopic (exact) mass is 437 g/mol. The molecule has 0 aliphatic carbocycles. The molecular formula is C20H24ClN3O4S. The summed E-state index contributed by atoms with van der Waals surface area (Å²) in [5.41, 5.74) is 1.56. The van der Waals surface area contributed by atoms with Gasteiger partial charge in [-0.05, 0) is 42.3 Å². The molecule has 1 unspecified atom stereocenters. The number of nitrogens with one attached hydrogen (secondary N) is 2. The molecule has 0 fully saturated rings. The molecule has 0 saturated heterocycles. The third kappa shape index (κ3) is 5.48. The normalized spacial score (nSPS) is 15.9. The summed E-state index contributed by atoms with van der Waals surface area (Å²) >= 11 is 5.97. The molecule has 1 atom stereocenters. The summed E-state index contributed by atoms with van der Waals surface area (Å²) in [4.78, 5) is 14.2. The minimum Gasteiger partial charge on any atom is -0.384 e. The van der Waals surface area contributed by atoms with Crippen LogP contribution >= 0.6 is 11.6 Å². The maximum Gasteiger partial charge on any atom is 0.254 e. The lowest BCUT2D eigenvalue weighted by Crippen LogP contribution is -2.39. The van der Waals surface area contributed by atoms with Crippen molar-refractivity contribution in [2.45, 2.75) is 19.1 Å². The molecule has 9 heteroatoms. The molecule has 0 spiro atoms. The number of sulfonamides is 1. The predicted octanol–water partition coefficient (Wildman–Crippen LogP) is 2.16. The number of fused-ring (bicyclic) bond motifs is 1. The molecule has 1 aliphatic rings. The molecule has 0 radical (unpaired) electrons. The van der Waals surface area contributed by atoms with Crippen molar-refractivity contribution >= 4 is 33.2 Å². The maximum atomic E-state index is 12.4. The van der Waals surface area contributed by atoms with Crippen molar-refractivity contribution in [1.29, 1.82) is 0 Å². The van der Waals surface area contributed by atoms with Gasteiger partial charge in [0.2, 0.25) is 10.0 Å². The Morgan fingerprint density at radius 3 is 2.55 bits per heavy atom. The highest BCUT2D eigenvalue weighted by molar-refractivity contribution is 7.92. The molecule has 29 heavy (non-hydrogen) atoms. The Kier molecular flexibility index (Phi) is 6.19. The van der Waals surface area contributed by atoms with Crippen LogP contribution in [-0.4, -0.2) is 50.2 Å². The zero-order valence-electron chi connectivity index (χ0n) is 16.3. The second-order valence-corrected chi connectivity index (χ2v) is 9.62. The lowest BCUT2D eigenvalue weighted by atomic mass is 9.96. The van der Waals surface area contributed by atoms with Crippen LogP contribution in [0.25, 0.3) is 0 Å². The summed E-state index contributed by atoms with van der Waals surface area (Å²) in [5.74, 6) is -0.0370. The molecule has 0 saturated carbocycles. The van der Waals surface area contributed by atoms with E-state index in [0.29, 0.717) is 41.5 Å². The summed E-state index contributed by atoms with van der Waals surface area (Å²) < 4.78 is 24.9. The quantitative estimate of drug-likeness (QED) is 0.550. The fourth-order valence-corrected chi connectivity index (χ4v) is 4.01. The van der Waals surface area contributed by atoms with Crippen LogP contribution in [0.3, 0.4) is 0 Å². The van der Waals surface area contributed by atoms with Crippen LogP contribution in [0, 0.1) is 0 Å². The Balaban J connectivity index is 1.50. The maximum absolute atomic E-state index is 12.4. The Labute approximate surface area is 175 Å². The molecule has 1 aliphatic heterocycles. The molecule has 0 aromatic heterocycles. The van der Waals surface area contributed by atoms with Gasteiger partial charge in [0.05, 0.1) is 11.9 Å². The highest BCUT2D eigenvalue weighted by atomic mass is 35.5. The van der Waals surface area contributed by atoms with E-state index in [-0.39, 0.29) is 12.5 Å². The first-order valence-corrected chi connectivity index (χ1v) is 11.4. The van der Waals surface area contributed by atoms with E-state index in [0.717, 1.165) is 11.8 Å². The second kappa shape index (κ2) is 8.31. The van der Waals surface area contributed by atoms with E-state index in [1.807, 2.05) is 6.07 Å². The van der Waals surface area contributed by atoms with Gasteiger partial charge in [-0.1, -0.05) is 29.8 Å². The van der Waals surface area contributed by atoms with Gasteiger partial charge in [-0.15, -0.1) is 0 Å². The number of hydrogen-bond acceptors (Lipinski definition) is 5. The Morgan fingerprint density at radius 1 is 1.21 bits per heavy atom. The Bertz CT molecular complexity index is 1010. The zero-order chi connectivity index (χ0) is 21.2. The van der Waals surface area contributed by atoms with Crippen LogP contribution in [-0.2, 0) is 22.2 Å². The minimum absolute atomic E-state index is 0.0370. The SMILES string of the molecule is CC(O)(CNCCN1Cc2ccc(Cl)cc2C1=O)c1ccc(NS(C)(=O)=O)cc1. The van der Waals surface area contributed by atoms with Gasteiger partial charge in [0.25, 0.3) is 5.91 Å². The number of amides is 1. The topological polar surface area (TPSA) is 98.7 Å². The zero-order valence-corrected chi connectivity index (χ0v) is 17.8. The highest BCUT2D eigenvalue weighted by Crippen LogP contribution is 2.25. The van der Waals surface area contributed by atoms with Crippen LogP contribution in [0.2, 0.25) is 5.02 Å². The van der Waals surface area contributed by atoms with E-state index in [2.05, 4.69) is 10.0 Å². The summed E-state index contributed by atoms with van der Waals surface area (Å²) in [7, 11) is -3.34. The molecule has 1 amide bonds. The molecule has 2 aromatic rings. The largest absolute Gasteiger partial charge is 0.384 e. The lowest BCUT2D eigenvalue weighted by Gasteiger charge is -2.25. The number of carbonyl (C=O) groups excluding carboxylic acids is 1. The standard InChI is InChI=1S/C20H24ClN3O4S/c1-20(26,15-4-7-17(8-5-15)23-29(2,27)28)13-22-9-10-24-12-14-3-6-16(21)11-18(14)19(24)25/h3-8,11,22-23,26H,9-10,12-13H2,1-2H3. The summed E-state index contributed by atoms with van der Waals surface area (Å²) in [6.45, 7) is 3.55. The fourth-order valence-electron chi connectivity index (χ4n) is 3.27. The van der Waals surface area contributed by atoms with E-state index in [9.17, 15) is 18.3 Å². The number of halogens is 1. The van der Waals surface area contributed by atoms with Crippen LogP contribution in [0.15, 0.2) is 42.5 Å². The third-order valence-corrected chi connectivity index (χ3v) is 5.63. The van der Waals surface area contributed by atoms with Gasteiger partial charge in [0.15, 0.2) is 0 Å². The van der Waals surface area contributed by atoms with Crippen molar-refractivity contribution in [3.8, 4) is 0 Å². The molecule has 2 aromatic carbocycles. The molecular weight excluding hydrogens is 414 g/mol. The van der Waals surface area contributed by atoms with Crippen molar-refractivity contribution in [2.24, 2.45) is 0 Å². The van der Waals surface area contributed by atoms with Gasteiger partial charge in [-0.3, -0.25) is 9.52 Å². The smallest absolute Gasteiger partial charge is 0.254 e. The summed E-state index contributed by atoms with van der Waals surface area (Å²) in [6.07, 6.45) is 1.08. The van der Waals surface area contributed by atoms with E-state index >= 15 is 0 Å². The number of rotatable bonds is 8. The van der Waals surface area contributed by atoms with Crippen LogP contribution in [0.1, 0.15) is 28.4 Å². The van der Waals surface area contributed by atoms with Crippen molar-refractivity contribution in [3.63, 3.8) is 0 Å². The molecule has 3 rings (SSSR count). The van der Waals surface area contributed by atoms with Gasteiger partial charge in [0, 0.05) is 42.5 Å². The van der Waals surface area contributed by atoms with Crippen molar-refractivity contribution in [3.05, 3.63) is 64.2 Å². The minimum atomic E-state index is -3.34. The molecule has 7 nitrogen and oxygen atoms in total. The van der Waals surface area contributed by atoms with Crippen molar-refractivity contribution < 1.29 is 18.3 Å². The summed E-state index contributed by atoms with van der Waals surface area (Å²) in [5, 5.41) is 14.5. The van der Waals surface area contributed by atoms with E-state index < -0.39 is 15.6 Å². The second-order valence-electron chi connectivity index (χ2n) is 7.43. The van der Waals surface area contributed by atoms with Gasteiger partial charge < -0.3 is 15.3 Å². The number of nitrogens with zero attached hydrogens (tertiary/aromatic N) is 1. The van der Waals surface area contributed by atoms with Crippen molar-refractivity contribution in [1.82, 2.24) is 10.2 Å². The predicted molar refractivity (Wildman–Crippen MR) is 114 cm³/mol. The van der Waals surface area contributed by atoms with Gasteiger partial charge in [-0.2, -0.15) is 0 Å². The lowest BCUT2D eigenvalue weighted by molar-refractivity contribution is 0.0559. The van der Waals surface area contributed by atoms with Gasteiger partial charge in [-0.25, -0.2) is 8.42 Å². The summed E-state index contributed by atoms with van der Waals surface area (Å²) in [6, 6.07) is 11.9. The average Bonchev–Trinajstić information content (AvgIpc) is 2.93. The van der Waals surface area contributed by atoms with E-state index in [1.54, 1.807) is 48.2 Å². The number of hydrogen-bond donors (Lipinski definition) is 3. The van der Waals surface area contributed by atoms with Crippen LogP contribution in [0.4, 0.5) is 5.69 Å². The highest BCUT2D eigenvalue weighted by Gasteiger charge is 2.27. The molecule has 1 heterocycles. The number of carbonyl (C=O) groups is 1. The van der Waals surface area contributed by atoms with Gasteiger partial charge in [0.1, 0.15) is 0 Å². The van der Waals surface area contributed by atoms with Crippen LogP contribution in [0.5, 0.6) is 0 Å².